The van der Waals surface area contributed by atoms with Gasteiger partial charge in [0.2, 0.25) is 5.91 Å². The molecule has 0 aliphatic carbocycles. The zero-order valence-electron chi connectivity index (χ0n) is 13.8. The minimum absolute atomic E-state index is 0.127. The molecular weight excluding hydrogens is 344 g/mol. The third-order valence-electron chi connectivity index (χ3n) is 4.01. The van der Waals surface area contributed by atoms with Crippen molar-refractivity contribution < 1.29 is 4.79 Å². The molecule has 4 aromatic rings. The SMILES string of the molecule is O=C(CNc1ccc(-c2ccccc2)cc1)Nc1cccc2nsnc12. The summed E-state index contributed by atoms with van der Waals surface area (Å²) in [6, 6.07) is 23.8. The van der Waals surface area contributed by atoms with Gasteiger partial charge >= 0.3 is 0 Å². The van der Waals surface area contributed by atoms with Crippen LogP contribution >= 0.6 is 11.7 Å². The van der Waals surface area contributed by atoms with Crippen LogP contribution in [0.15, 0.2) is 72.8 Å². The molecule has 1 amide bonds. The summed E-state index contributed by atoms with van der Waals surface area (Å²) in [6.45, 7) is 0.179. The van der Waals surface area contributed by atoms with Gasteiger partial charge in [0, 0.05) is 5.69 Å². The summed E-state index contributed by atoms with van der Waals surface area (Å²) in [5, 5.41) is 6.02. The predicted octanol–water partition coefficient (Wildman–Crippen LogP) is 4.41. The second-order valence-corrected chi connectivity index (χ2v) is 6.31. The smallest absolute Gasteiger partial charge is 0.243 e. The lowest BCUT2D eigenvalue weighted by Gasteiger charge is -2.09. The van der Waals surface area contributed by atoms with E-state index in [0.717, 1.165) is 34.0 Å². The Hall–Kier alpha value is -3.25. The Balaban J connectivity index is 1.38. The zero-order valence-corrected chi connectivity index (χ0v) is 14.7. The van der Waals surface area contributed by atoms with Gasteiger partial charge in [0.05, 0.1) is 24.0 Å². The molecule has 0 spiro atoms. The van der Waals surface area contributed by atoms with Gasteiger partial charge < -0.3 is 10.6 Å². The molecule has 1 aromatic heterocycles. The maximum Gasteiger partial charge on any atom is 0.243 e. The summed E-state index contributed by atoms with van der Waals surface area (Å²) in [5.41, 5.74) is 5.40. The number of carbonyl (C=O) groups excluding carboxylic acids is 1. The van der Waals surface area contributed by atoms with E-state index in [1.54, 1.807) is 0 Å². The van der Waals surface area contributed by atoms with Gasteiger partial charge in [-0.25, -0.2) is 0 Å². The van der Waals surface area contributed by atoms with E-state index < -0.39 is 0 Å². The average Bonchev–Trinajstić information content (AvgIpc) is 3.17. The van der Waals surface area contributed by atoms with Crippen molar-refractivity contribution in [1.82, 2.24) is 8.75 Å². The van der Waals surface area contributed by atoms with Crippen molar-refractivity contribution >= 4 is 40.0 Å². The molecule has 0 radical (unpaired) electrons. The molecule has 1 heterocycles. The van der Waals surface area contributed by atoms with E-state index in [-0.39, 0.29) is 12.5 Å². The Bertz CT molecular complexity index is 1030. The van der Waals surface area contributed by atoms with Crippen molar-refractivity contribution in [2.45, 2.75) is 0 Å². The van der Waals surface area contributed by atoms with Gasteiger partial charge in [-0.1, -0.05) is 48.5 Å². The Kier molecular flexibility index (Phi) is 4.57. The number of amides is 1. The number of aromatic nitrogens is 2. The molecule has 128 valence electrons. The van der Waals surface area contributed by atoms with Crippen molar-refractivity contribution in [2.75, 3.05) is 17.2 Å². The van der Waals surface area contributed by atoms with Crippen LogP contribution in [0.3, 0.4) is 0 Å². The average molecular weight is 360 g/mol. The fraction of sp³-hybridized carbons (Fsp3) is 0.0500. The highest BCUT2D eigenvalue weighted by Crippen LogP contribution is 2.22. The van der Waals surface area contributed by atoms with Crippen LogP contribution in [0, 0.1) is 0 Å². The topological polar surface area (TPSA) is 66.9 Å². The minimum atomic E-state index is -0.127. The van der Waals surface area contributed by atoms with Gasteiger partial charge in [0.15, 0.2) is 0 Å². The molecule has 0 bridgehead atoms. The van der Waals surface area contributed by atoms with Gasteiger partial charge in [0.25, 0.3) is 0 Å². The van der Waals surface area contributed by atoms with E-state index in [9.17, 15) is 4.79 Å². The molecule has 0 aliphatic rings. The molecule has 0 unspecified atom stereocenters. The normalized spacial score (nSPS) is 10.6. The third kappa shape index (κ3) is 3.55. The summed E-state index contributed by atoms with van der Waals surface area (Å²) < 4.78 is 8.40. The lowest BCUT2D eigenvalue weighted by molar-refractivity contribution is -0.114. The molecule has 0 atom stereocenters. The van der Waals surface area contributed by atoms with Gasteiger partial charge in [0.1, 0.15) is 11.0 Å². The lowest BCUT2D eigenvalue weighted by atomic mass is 10.1. The van der Waals surface area contributed by atoms with E-state index in [1.165, 1.54) is 5.56 Å². The number of anilines is 2. The molecule has 5 nitrogen and oxygen atoms in total. The van der Waals surface area contributed by atoms with E-state index in [4.69, 9.17) is 0 Å². The molecular formula is C20H16N4OS. The fourth-order valence-corrected chi connectivity index (χ4v) is 3.24. The number of benzene rings is 3. The quantitative estimate of drug-likeness (QED) is 0.553. The van der Waals surface area contributed by atoms with Gasteiger partial charge in [-0.15, -0.1) is 0 Å². The summed E-state index contributed by atoms with van der Waals surface area (Å²) in [6.07, 6.45) is 0. The lowest BCUT2D eigenvalue weighted by Crippen LogP contribution is -2.21. The number of fused-ring (bicyclic) bond motifs is 1. The Labute approximate surface area is 155 Å². The number of nitrogens with zero attached hydrogens (tertiary/aromatic N) is 2. The zero-order chi connectivity index (χ0) is 17.8. The third-order valence-corrected chi connectivity index (χ3v) is 4.55. The van der Waals surface area contributed by atoms with Crippen LogP contribution in [-0.2, 0) is 4.79 Å². The Morgan fingerprint density at radius 2 is 1.62 bits per heavy atom. The van der Waals surface area contributed by atoms with E-state index >= 15 is 0 Å². The van der Waals surface area contributed by atoms with Gasteiger partial charge in [-0.3, -0.25) is 4.79 Å². The van der Waals surface area contributed by atoms with Crippen molar-refractivity contribution in [3.05, 3.63) is 72.8 Å². The van der Waals surface area contributed by atoms with Gasteiger partial charge in [-0.2, -0.15) is 8.75 Å². The molecule has 0 aliphatic heterocycles. The van der Waals surface area contributed by atoms with Crippen molar-refractivity contribution in [3.8, 4) is 11.1 Å². The number of hydrogen-bond acceptors (Lipinski definition) is 5. The van der Waals surface area contributed by atoms with Crippen LogP contribution in [0.4, 0.5) is 11.4 Å². The maximum absolute atomic E-state index is 12.2. The minimum Gasteiger partial charge on any atom is -0.376 e. The first-order chi connectivity index (χ1) is 12.8. The highest BCUT2D eigenvalue weighted by atomic mass is 32.1. The standard InChI is InChI=1S/C20H16N4OS/c25-19(22-17-7-4-8-18-20(17)24-26-23-18)13-21-16-11-9-15(10-12-16)14-5-2-1-3-6-14/h1-12,21H,13H2,(H,22,25). The highest BCUT2D eigenvalue weighted by molar-refractivity contribution is 7.00. The molecule has 4 rings (SSSR count). The number of hydrogen-bond donors (Lipinski definition) is 2. The van der Waals surface area contributed by atoms with Gasteiger partial charge in [-0.05, 0) is 35.4 Å². The highest BCUT2D eigenvalue weighted by Gasteiger charge is 2.08. The number of rotatable bonds is 5. The first-order valence-corrected chi connectivity index (χ1v) is 8.93. The molecule has 26 heavy (non-hydrogen) atoms. The van der Waals surface area contributed by atoms with E-state index in [1.807, 2.05) is 60.7 Å². The second kappa shape index (κ2) is 7.33. The maximum atomic E-state index is 12.2. The largest absolute Gasteiger partial charge is 0.376 e. The Morgan fingerprint density at radius 1 is 0.846 bits per heavy atom. The van der Waals surface area contributed by atoms with Crippen LogP contribution in [-0.4, -0.2) is 21.2 Å². The van der Waals surface area contributed by atoms with Crippen LogP contribution in [0.2, 0.25) is 0 Å². The fourth-order valence-electron chi connectivity index (χ4n) is 2.69. The molecule has 0 saturated carbocycles. The summed E-state index contributed by atoms with van der Waals surface area (Å²) in [5.74, 6) is -0.127. The summed E-state index contributed by atoms with van der Waals surface area (Å²) in [7, 11) is 0. The van der Waals surface area contributed by atoms with Crippen molar-refractivity contribution in [1.29, 1.82) is 0 Å². The van der Waals surface area contributed by atoms with E-state index in [0.29, 0.717) is 5.69 Å². The molecule has 2 N–H and O–H groups in total. The van der Waals surface area contributed by atoms with E-state index in [2.05, 4.69) is 31.5 Å². The molecule has 3 aromatic carbocycles. The Morgan fingerprint density at radius 3 is 2.42 bits per heavy atom. The van der Waals surface area contributed by atoms with Crippen LogP contribution in [0.5, 0.6) is 0 Å². The van der Waals surface area contributed by atoms with Crippen LogP contribution in [0.25, 0.3) is 22.2 Å². The second-order valence-electron chi connectivity index (χ2n) is 5.78. The molecule has 6 heteroatoms. The molecule has 0 fully saturated rings. The predicted molar refractivity (Wildman–Crippen MR) is 106 cm³/mol. The van der Waals surface area contributed by atoms with Crippen molar-refractivity contribution in [2.24, 2.45) is 0 Å². The number of nitrogens with one attached hydrogen (secondary N) is 2. The first kappa shape index (κ1) is 16.2. The van der Waals surface area contributed by atoms with Crippen LogP contribution < -0.4 is 10.6 Å². The first-order valence-electron chi connectivity index (χ1n) is 8.20. The van der Waals surface area contributed by atoms with Crippen molar-refractivity contribution in [3.63, 3.8) is 0 Å². The summed E-state index contributed by atoms with van der Waals surface area (Å²) in [4.78, 5) is 12.2. The summed E-state index contributed by atoms with van der Waals surface area (Å²) >= 11 is 1.14. The number of carbonyl (C=O) groups is 1. The van der Waals surface area contributed by atoms with Crippen LogP contribution in [0.1, 0.15) is 0 Å². The molecule has 0 saturated heterocycles. The monoisotopic (exact) mass is 360 g/mol.